The lowest BCUT2D eigenvalue weighted by Crippen LogP contribution is -2.12. The van der Waals surface area contributed by atoms with E-state index < -0.39 is 11.8 Å². The Balaban J connectivity index is 3.49. The first-order chi connectivity index (χ1) is 3.68. The maximum absolute atomic E-state index is 10.1. The second-order valence-electron chi connectivity index (χ2n) is 1.12. The van der Waals surface area contributed by atoms with Crippen molar-refractivity contribution in [3.05, 3.63) is 0 Å². The molecule has 0 N–H and O–H groups in total. The molecule has 0 saturated heterocycles. The molecule has 8 heavy (non-hydrogen) atoms. The zero-order valence-corrected chi connectivity index (χ0v) is 5.27. The highest BCUT2D eigenvalue weighted by molar-refractivity contribution is 7.80. The topological polar surface area (TPSA) is 43.4 Å². The number of carbonyl (C=O) groups is 2. The molecule has 0 heterocycles. The number of hydrogen-bond donors (Lipinski definition) is 1. The Morgan fingerprint density at radius 2 is 2.12 bits per heavy atom. The predicted molar refractivity (Wildman–Crippen MR) is 30.6 cm³/mol. The third-order valence-corrected chi connectivity index (χ3v) is 0.612. The summed E-state index contributed by atoms with van der Waals surface area (Å²) in [6.45, 7) is 1.14. The Hall–Kier alpha value is -0.510. The lowest BCUT2D eigenvalue weighted by Gasteiger charge is -1.92. The summed E-state index contributed by atoms with van der Waals surface area (Å²) in [5.41, 5.74) is 0. The zero-order chi connectivity index (χ0) is 6.57. The molecule has 0 radical (unpaired) electrons. The zero-order valence-electron chi connectivity index (χ0n) is 4.38. The third-order valence-electron chi connectivity index (χ3n) is 0.483. The number of Topliss-reactive ketones (excluding diaryl/α,β-unsaturated/α-hetero) is 1. The van der Waals surface area contributed by atoms with E-state index in [0.29, 0.717) is 0 Å². The monoisotopic (exact) mass is 134 g/mol. The molecule has 0 saturated carbocycles. The molecule has 0 spiro atoms. The number of thiol groups is 1. The maximum atomic E-state index is 10.1. The fourth-order valence-electron chi connectivity index (χ4n) is 0.160. The SMILES string of the molecule is CC(=O)C(=O)OCS. The second kappa shape index (κ2) is 3.49. The minimum absolute atomic E-state index is 0.0432. The van der Waals surface area contributed by atoms with Crippen LogP contribution in [0.3, 0.4) is 0 Å². The fraction of sp³-hybridized carbons (Fsp3) is 0.500. The van der Waals surface area contributed by atoms with Crippen molar-refractivity contribution in [2.45, 2.75) is 6.92 Å². The van der Waals surface area contributed by atoms with Crippen molar-refractivity contribution in [1.29, 1.82) is 0 Å². The van der Waals surface area contributed by atoms with Gasteiger partial charge in [0.2, 0.25) is 5.78 Å². The molecule has 0 aliphatic carbocycles. The molecule has 0 amide bonds. The molecule has 0 atom stereocenters. The number of ether oxygens (including phenoxy) is 1. The van der Waals surface area contributed by atoms with E-state index in [-0.39, 0.29) is 5.94 Å². The van der Waals surface area contributed by atoms with E-state index in [0.717, 1.165) is 6.92 Å². The van der Waals surface area contributed by atoms with Gasteiger partial charge in [-0.3, -0.25) is 4.79 Å². The molecular formula is C4H6O3S. The Labute approximate surface area is 52.4 Å². The molecule has 46 valence electrons. The van der Waals surface area contributed by atoms with E-state index in [1.54, 1.807) is 0 Å². The van der Waals surface area contributed by atoms with Crippen LogP contribution in [-0.4, -0.2) is 17.7 Å². The lowest BCUT2D eigenvalue weighted by atomic mass is 10.5. The molecule has 0 aromatic rings. The minimum Gasteiger partial charge on any atom is -0.449 e. The van der Waals surface area contributed by atoms with Crippen LogP contribution in [0.2, 0.25) is 0 Å². The van der Waals surface area contributed by atoms with Crippen LogP contribution in [0.4, 0.5) is 0 Å². The first-order valence-electron chi connectivity index (χ1n) is 1.97. The van der Waals surface area contributed by atoms with Gasteiger partial charge in [0.05, 0.1) is 0 Å². The first-order valence-corrected chi connectivity index (χ1v) is 2.60. The van der Waals surface area contributed by atoms with Gasteiger partial charge in [-0.1, -0.05) is 0 Å². The van der Waals surface area contributed by atoms with Gasteiger partial charge in [-0.15, -0.1) is 12.6 Å². The molecule has 0 rings (SSSR count). The predicted octanol–water partition coefficient (Wildman–Crippen LogP) is 0.00590. The molecule has 4 heteroatoms. The molecule has 0 aromatic heterocycles. The van der Waals surface area contributed by atoms with Gasteiger partial charge in [-0.2, -0.15) is 0 Å². The number of hydrogen-bond acceptors (Lipinski definition) is 4. The summed E-state index contributed by atoms with van der Waals surface area (Å²) in [6, 6.07) is 0. The summed E-state index contributed by atoms with van der Waals surface area (Å²) in [6.07, 6.45) is 0. The van der Waals surface area contributed by atoms with Gasteiger partial charge >= 0.3 is 5.97 Å². The van der Waals surface area contributed by atoms with Gasteiger partial charge < -0.3 is 4.74 Å². The molecule has 0 aromatic carbocycles. The van der Waals surface area contributed by atoms with Crippen molar-refractivity contribution < 1.29 is 14.3 Å². The average molecular weight is 134 g/mol. The van der Waals surface area contributed by atoms with Crippen molar-refractivity contribution in [2.75, 3.05) is 5.94 Å². The summed E-state index contributed by atoms with van der Waals surface area (Å²) in [5, 5.41) is 0. The third kappa shape index (κ3) is 2.63. The van der Waals surface area contributed by atoms with Crippen LogP contribution in [-0.2, 0) is 14.3 Å². The largest absolute Gasteiger partial charge is 0.449 e. The van der Waals surface area contributed by atoms with Crippen molar-refractivity contribution in [2.24, 2.45) is 0 Å². The standard InChI is InChI=1S/C4H6O3S/c1-3(5)4(6)7-2-8/h8H,2H2,1H3. The van der Waals surface area contributed by atoms with Crippen molar-refractivity contribution in [3.63, 3.8) is 0 Å². The number of ketones is 1. The van der Waals surface area contributed by atoms with Crippen LogP contribution in [0.1, 0.15) is 6.92 Å². The smallest absolute Gasteiger partial charge is 0.375 e. The highest BCUT2D eigenvalue weighted by Crippen LogP contribution is 1.81. The average Bonchev–Trinajstić information content (AvgIpc) is 1.67. The highest BCUT2D eigenvalue weighted by Gasteiger charge is 2.05. The molecule has 0 aliphatic rings. The van der Waals surface area contributed by atoms with Crippen LogP contribution in [0, 0.1) is 0 Å². The molecular weight excluding hydrogens is 128 g/mol. The van der Waals surface area contributed by atoms with Crippen LogP contribution >= 0.6 is 12.6 Å². The van der Waals surface area contributed by atoms with Crippen molar-refractivity contribution in [1.82, 2.24) is 0 Å². The number of rotatable bonds is 2. The summed E-state index contributed by atoms with van der Waals surface area (Å²) in [4.78, 5) is 20.1. The maximum Gasteiger partial charge on any atom is 0.375 e. The van der Waals surface area contributed by atoms with Gasteiger partial charge in [0, 0.05) is 6.92 Å². The Bertz CT molecular complexity index is 110. The Morgan fingerprint density at radius 3 is 2.25 bits per heavy atom. The lowest BCUT2D eigenvalue weighted by molar-refractivity contribution is -0.151. The van der Waals surface area contributed by atoms with Crippen molar-refractivity contribution >= 4 is 24.4 Å². The Morgan fingerprint density at radius 1 is 1.62 bits per heavy atom. The number of carbonyl (C=O) groups excluding carboxylic acids is 2. The van der Waals surface area contributed by atoms with E-state index in [4.69, 9.17) is 0 Å². The number of esters is 1. The van der Waals surface area contributed by atoms with E-state index >= 15 is 0 Å². The summed E-state index contributed by atoms with van der Waals surface area (Å²) >= 11 is 3.56. The Kier molecular flexibility index (Phi) is 3.26. The van der Waals surface area contributed by atoms with E-state index in [2.05, 4.69) is 17.4 Å². The summed E-state index contributed by atoms with van der Waals surface area (Å²) in [7, 11) is 0. The normalized spacial score (nSPS) is 8.25. The highest BCUT2D eigenvalue weighted by atomic mass is 32.1. The quantitative estimate of drug-likeness (QED) is 0.250. The molecule has 0 fully saturated rings. The van der Waals surface area contributed by atoms with Crippen LogP contribution in [0.25, 0.3) is 0 Å². The second-order valence-corrected chi connectivity index (χ2v) is 1.38. The van der Waals surface area contributed by atoms with Gasteiger partial charge in [0.15, 0.2) is 0 Å². The summed E-state index contributed by atoms with van der Waals surface area (Å²) in [5.74, 6) is -1.47. The van der Waals surface area contributed by atoms with E-state index in [9.17, 15) is 9.59 Å². The summed E-state index contributed by atoms with van der Waals surface area (Å²) < 4.78 is 4.18. The fourth-order valence-corrected chi connectivity index (χ4v) is 0.278. The van der Waals surface area contributed by atoms with E-state index in [1.807, 2.05) is 0 Å². The first kappa shape index (κ1) is 7.49. The van der Waals surface area contributed by atoms with Gasteiger partial charge in [0.25, 0.3) is 0 Å². The van der Waals surface area contributed by atoms with Crippen molar-refractivity contribution in [3.8, 4) is 0 Å². The van der Waals surface area contributed by atoms with Gasteiger partial charge in [0.1, 0.15) is 5.94 Å². The molecule has 0 unspecified atom stereocenters. The van der Waals surface area contributed by atoms with Crippen LogP contribution in [0.5, 0.6) is 0 Å². The van der Waals surface area contributed by atoms with E-state index in [1.165, 1.54) is 0 Å². The molecule has 0 aliphatic heterocycles. The molecule has 3 nitrogen and oxygen atoms in total. The molecule has 0 bridgehead atoms. The minimum atomic E-state index is -0.833. The van der Waals surface area contributed by atoms with Gasteiger partial charge in [-0.05, 0) is 0 Å². The van der Waals surface area contributed by atoms with Crippen LogP contribution in [0.15, 0.2) is 0 Å². The van der Waals surface area contributed by atoms with Crippen LogP contribution < -0.4 is 0 Å². The van der Waals surface area contributed by atoms with Gasteiger partial charge in [-0.25, -0.2) is 4.79 Å².